The van der Waals surface area contributed by atoms with Crippen LogP contribution in [0.5, 0.6) is 0 Å². The van der Waals surface area contributed by atoms with Crippen molar-refractivity contribution in [2.75, 3.05) is 0 Å². The Bertz CT molecular complexity index is 105. The smallest absolute Gasteiger partial charge is 0.0753 e. The summed E-state index contributed by atoms with van der Waals surface area (Å²) in [4.78, 5) is 0. The molecule has 0 aliphatic heterocycles. The molecule has 0 aliphatic carbocycles. The topological polar surface area (TPSA) is 0 Å². The van der Waals surface area contributed by atoms with Crippen molar-refractivity contribution in [3.05, 3.63) is 0 Å². The molecule has 0 aromatic heterocycles. The minimum atomic E-state index is 0.538. The highest BCUT2D eigenvalue weighted by Gasteiger charge is 2.38. The molecule has 0 aromatic rings. The molecule has 1 unspecified atom stereocenters. The summed E-state index contributed by atoms with van der Waals surface area (Å²) in [7, 11) is 2.33. The van der Waals surface area contributed by atoms with Gasteiger partial charge in [0, 0.05) is 0 Å². The van der Waals surface area contributed by atoms with Crippen LogP contribution in [-0.4, -0.2) is 7.85 Å². The quantitative estimate of drug-likeness (QED) is 0.552. The van der Waals surface area contributed by atoms with Crippen LogP contribution < -0.4 is 0 Å². The Kier molecular flexibility index (Phi) is 4.37. The molecule has 0 radical (unpaired) electrons. The molecule has 0 heterocycles. The van der Waals surface area contributed by atoms with Gasteiger partial charge in [0.25, 0.3) is 0 Å². The maximum absolute atomic E-state index is 2.44. The van der Waals surface area contributed by atoms with Crippen LogP contribution >= 0.6 is 0 Å². The van der Waals surface area contributed by atoms with E-state index in [0.717, 1.165) is 0 Å². The monoisotopic (exact) mass is 168 g/mol. The van der Waals surface area contributed by atoms with Crippen molar-refractivity contribution in [1.29, 1.82) is 0 Å². The van der Waals surface area contributed by atoms with Gasteiger partial charge in [0.15, 0.2) is 0 Å². The van der Waals surface area contributed by atoms with E-state index in [1.165, 1.54) is 25.6 Å². The van der Waals surface area contributed by atoms with E-state index in [-0.39, 0.29) is 0 Å². The third kappa shape index (κ3) is 1.86. The molecular formula is C11H25B. The molecule has 0 saturated carbocycles. The van der Waals surface area contributed by atoms with Gasteiger partial charge >= 0.3 is 0 Å². The van der Waals surface area contributed by atoms with E-state index in [1.807, 2.05) is 0 Å². The van der Waals surface area contributed by atoms with Crippen LogP contribution in [0.1, 0.15) is 53.9 Å². The van der Waals surface area contributed by atoms with E-state index in [4.69, 9.17) is 0 Å². The summed E-state index contributed by atoms with van der Waals surface area (Å²) in [6, 6.07) is 0. The molecule has 0 rings (SSSR count). The molecular weight excluding hydrogens is 143 g/mol. The number of hydrogen-bond acceptors (Lipinski definition) is 0. The first-order valence-corrected chi connectivity index (χ1v) is 5.49. The van der Waals surface area contributed by atoms with E-state index >= 15 is 0 Å². The van der Waals surface area contributed by atoms with E-state index in [1.54, 1.807) is 0 Å². The van der Waals surface area contributed by atoms with Crippen LogP contribution in [0.2, 0.25) is 6.32 Å². The van der Waals surface area contributed by atoms with Crippen LogP contribution in [0.4, 0.5) is 0 Å². The maximum atomic E-state index is 2.44. The zero-order valence-electron chi connectivity index (χ0n) is 9.83. The van der Waals surface area contributed by atoms with Gasteiger partial charge < -0.3 is 0 Å². The number of rotatable bonds is 5. The lowest BCUT2D eigenvalue weighted by molar-refractivity contribution is 0.0743. The molecule has 1 atom stereocenters. The second-order valence-corrected chi connectivity index (χ2v) is 4.54. The van der Waals surface area contributed by atoms with Crippen molar-refractivity contribution >= 4 is 7.85 Å². The van der Waals surface area contributed by atoms with Gasteiger partial charge in [0.2, 0.25) is 0 Å². The molecule has 0 N–H and O–H groups in total. The lowest BCUT2D eigenvalue weighted by Crippen LogP contribution is -2.35. The number of hydrogen-bond donors (Lipinski definition) is 0. The highest BCUT2D eigenvalue weighted by Crippen LogP contribution is 2.48. The Morgan fingerprint density at radius 3 is 1.25 bits per heavy atom. The zero-order valence-corrected chi connectivity index (χ0v) is 9.83. The summed E-state index contributed by atoms with van der Waals surface area (Å²) in [5.41, 5.74) is 1.08. The van der Waals surface area contributed by atoms with Gasteiger partial charge in [-0.1, -0.05) is 60.2 Å². The average Bonchev–Trinajstić information content (AvgIpc) is 2.15. The Labute approximate surface area is 79.5 Å². The summed E-state index contributed by atoms with van der Waals surface area (Å²) in [6.45, 7) is 11.9. The molecule has 0 spiro atoms. The van der Waals surface area contributed by atoms with E-state index in [2.05, 4.69) is 42.5 Å². The van der Waals surface area contributed by atoms with E-state index < -0.39 is 0 Å². The molecule has 0 aliphatic rings. The van der Waals surface area contributed by atoms with Crippen molar-refractivity contribution in [3.63, 3.8) is 0 Å². The fraction of sp³-hybridized carbons (Fsp3) is 1.00. The summed E-state index contributed by atoms with van der Waals surface area (Å²) in [6.07, 6.45) is 5.23. The molecule has 0 aromatic carbocycles. The fourth-order valence-electron chi connectivity index (χ4n) is 2.21. The standard InChI is InChI=1S/C11H25B/c1-6-10(4,7-2)11(5,8-3)9-12/h6-9,12H2,1-5H3. The van der Waals surface area contributed by atoms with Gasteiger partial charge in [0.05, 0.1) is 0 Å². The van der Waals surface area contributed by atoms with Gasteiger partial charge in [-0.15, -0.1) is 0 Å². The zero-order chi connectivity index (χ0) is 9.83. The highest BCUT2D eigenvalue weighted by atomic mass is 14.4. The third-order valence-corrected chi connectivity index (χ3v) is 4.58. The SMILES string of the molecule is BCC(C)(CC)C(C)(CC)CC. The first kappa shape index (κ1) is 12.1. The maximum Gasteiger partial charge on any atom is 0.102 e. The van der Waals surface area contributed by atoms with Gasteiger partial charge in [-0.3, -0.25) is 0 Å². The van der Waals surface area contributed by atoms with Crippen molar-refractivity contribution < 1.29 is 0 Å². The lowest BCUT2D eigenvalue weighted by atomic mass is 9.56. The van der Waals surface area contributed by atoms with E-state index in [0.29, 0.717) is 10.8 Å². The summed E-state index contributed by atoms with van der Waals surface area (Å²) in [5.74, 6) is 0. The van der Waals surface area contributed by atoms with Crippen LogP contribution in [0.3, 0.4) is 0 Å². The van der Waals surface area contributed by atoms with Crippen molar-refractivity contribution in [2.24, 2.45) is 10.8 Å². The summed E-state index contributed by atoms with van der Waals surface area (Å²) < 4.78 is 0. The minimum absolute atomic E-state index is 0.538. The molecule has 72 valence electrons. The molecule has 12 heavy (non-hydrogen) atoms. The molecule has 0 fully saturated rings. The molecule has 0 nitrogen and oxygen atoms in total. The highest BCUT2D eigenvalue weighted by molar-refractivity contribution is 6.09. The minimum Gasteiger partial charge on any atom is -0.0753 e. The van der Waals surface area contributed by atoms with Crippen LogP contribution in [0.25, 0.3) is 0 Å². The summed E-state index contributed by atoms with van der Waals surface area (Å²) in [5, 5.41) is 0. The molecule has 1 heteroatoms. The fourth-order valence-corrected chi connectivity index (χ4v) is 2.21. The lowest BCUT2D eigenvalue weighted by Gasteiger charge is -2.45. The van der Waals surface area contributed by atoms with Crippen LogP contribution in [0.15, 0.2) is 0 Å². The summed E-state index contributed by atoms with van der Waals surface area (Å²) >= 11 is 0. The largest absolute Gasteiger partial charge is 0.102 e. The van der Waals surface area contributed by atoms with Gasteiger partial charge in [-0.05, 0) is 10.8 Å². The Balaban J connectivity index is 4.66. The normalized spacial score (nSPS) is 17.4. The second kappa shape index (κ2) is 4.34. The van der Waals surface area contributed by atoms with Crippen LogP contribution in [-0.2, 0) is 0 Å². The van der Waals surface area contributed by atoms with Gasteiger partial charge in [-0.25, -0.2) is 0 Å². The second-order valence-electron chi connectivity index (χ2n) is 4.54. The molecule has 0 bridgehead atoms. The third-order valence-electron chi connectivity index (χ3n) is 4.58. The van der Waals surface area contributed by atoms with Crippen molar-refractivity contribution in [1.82, 2.24) is 0 Å². The first-order valence-electron chi connectivity index (χ1n) is 5.49. The predicted molar refractivity (Wildman–Crippen MR) is 60.4 cm³/mol. The first-order chi connectivity index (χ1) is 5.49. The van der Waals surface area contributed by atoms with Gasteiger partial charge in [-0.2, -0.15) is 0 Å². The Morgan fingerprint density at radius 2 is 1.17 bits per heavy atom. The molecule has 0 saturated heterocycles. The molecule has 0 amide bonds. The van der Waals surface area contributed by atoms with Gasteiger partial charge in [0.1, 0.15) is 7.85 Å². The van der Waals surface area contributed by atoms with Crippen molar-refractivity contribution in [3.8, 4) is 0 Å². The average molecular weight is 168 g/mol. The Morgan fingerprint density at radius 1 is 0.833 bits per heavy atom. The Hall–Kier alpha value is 0.0649. The van der Waals surface area contributed by atoms with E-state index in [9.17, 15) is 0 Å². The van der Waals surface area contributed by atoms with Crippen LogP contribution in [0, 0.1) is 10.8 Å². The van der Waals surface area contributed by atoms with Crippen molar-refractivity contribution in [2.45, 2.75) is 60.2 Å². The predicted octanol–water partition coefficient (Wildman–Crippen LogP) is 3.28.